The molecule has 2 nitrogen and oxygen atoms in total. The summed E-state index contributed by atoms with van der Waals surface area (Å²) in [5, 5.41) is 4.44. The van der Waals surface area contributed by atoms with Crippen molar-refractivity contribution in [1.29, 1.82) is 0 Å². The first kappa shape index (κ1) is 12.3. The fourth-order valence-corrected chi connectivity index (χ4v) is 3.23. The molecule has 2 aliphatic rings. The van der Waals surface area contributed by atoms with Crippen molar-refractivity contribution in [2.24, 2.45) is 5.41 Å². The van der Waals surface area contributed by atoms with Gasteiger partial charge in [-0.1, -0.05) is 11.6 Å². The minimum atomic E-state index is 0.539. The average Bonchev–Trinajstić information content (AvgIpc) is 3.08. The molecule has 1 saturated heterocycles. The van der Waals surface area contributed by atoms with E-state index in [0.29, 0.717) is 11.5 Å². The number of anilines is 1. The Morgan fingerprint density at radius 1 is 1.39 bits per heavy atom. The highest BCUT2D eigenvalue weighted by Crippen LogP contribution is 2.47. The molecule has 0 amide bonds. The Hall–Kier alpha value is -0.730. The second-order valence-electron chi connectivity index (χ2n) is 6.04. The van der Waals surface area contributed by atoms with Crippen molar-refractivity contribution in [3.63, 3.8) is 0 Å². The summed E-state index contributed by atoms with van der Waals surface area (Å²) in [7, 11) is 0. The second-order valence-corrected chi connectivity index (χ2v) is 6.48. The highest BCUT2D eigenvalue weighted by Gasteiger charge is 2.45. The Morgan fingerprint density at radius 2 is 2.17 bits per heavy atom. The van der Waals surface area contributed by atoms with Crippen LogP contribution in [0.25, 0.3) is 0 Å². The Morgan fingerprint density at radius 3 is 2.83 bits per heavy atom. The summed E-state index contributed by atoms with van der Waals surface area (Å²) >= 11 is 6.06. The van der Waals surface area contributed by atoms with Gasteiger partial charge in [-0.15, -0.1) is 0 Å². The van der Waals surface area contributed by atoms with Crippen molar-refractivity contribution in [3.8, 4) is 0 Å². The number of hydrogen-bond donors (Lipinski definition) is 1. The quantitative estimate of drug-likeness (QED) is 0.838. The largest absolute Gasteiger partial charge is 0.367 e. The summed E-state index contributed by atoms with van der Waals surface area (Å²) in [6.07, 6.45) is 2.74. The lowest BCUT2D eigenvalue weighted by atomic mass is 10.1. The Kier molecular flexibility index (Phi) is 3.03. The van der Waals surface area contributed by atoms with Gasteiger partial charge < -0.3 is 10.2 Å². The van der Waals surface area contributed by atoms with E-state index in [1.807, 2.05) is 6.07 Å². The van der Waals surface area contributed by atoms with Crippen LogP contribution in [-0.4, -0.2) is 25.7 Å². The first-order valence-corrected chi connectivity index (χ1v) is 7.21. The first-order chi connectivity index (χ1) is 8.60. The van der Waals surface area contributed by atoms with Crippen molar-refractivity contribution < 1.29 is 0 Å². The van der Waals surface area contributed by atoms with E-state index in [-0.39, 0.29) is 0 Å². The summed E-state index contributed by atoms with van der Waals surface area (Å²) in [5.41, 5.74) is 3.17. The molecule has 1 saturated carbocycles. The number of nitrogens with one attached hydrogen (secondary N) is 1. The zero-order valence-electron chi connectivity index (χ0n) is 11.2. The van der Waals surface area contributed by atoms with E-state index in [0.717, 1.165) is 11.6 Å². The molecule has 3 heteroatoms. The molecular weight excluding hydrogens is 244 g/mol. The molecule has 0 bridgehead atoms. The minimum Gasteiger partial charge on any atom is -0.367 e. The number of nitrogens with zero attached hydrogens (tertiary/aromatic N) is 1. The van der Waals surface area contributed by atoms with E-state index in [4.69, 9.17) is 11.6 Å². The van der Waals surface area contributed by atoms with Gasteiger partial charge in [-0.05, 0) is 50.5 Å². The zero-order chi connectivity index (χ0) is 12.8. The summed E-state index contributed by atoms with van der Waals surface area (Å²) in [6, 6.07) is 6.80. The van der Waals surface area contributed by atoms with Crippen LogP contribution in [0.4, 0.5) is 5.69 Å². The fraction of sp³-hybridized carbons (Fsp3) is 0.600. The van der Waals surface area contributed by atoms with E-state index < -0.39 is 0 Å². The molecule has 0 radical (unpaired) electrons. The molecule has 1 aliphatic heterocycles. The lowest BCUT2D eigenvalue weighted by molar-refractivity contribution is 0.500. The SMILES string of the molecule is Cc1cc(Cl)ccc1N1CC2(CC2)CNCC1C. The second kappa shape index (κ2) is 4.43. The maximum atomic E-state index is 6.06. The molecule has 0 aromatic heterocycles. The molecule has 1 heterocycles. The van der Waals surface area contributed by atoms with Crippen molar-refractivity contribution >= 4 is 17.3 Å². The van der Waals surface area contributed by atoms with Gasteiger partial charge in [0, 0.05) is 41.8 Å². The topological polar surface area (TPSA) is 15.3 Å². The van der Waals surface area contributed by atoms with Gasteiger partial charge in [0.1, 0.15) is 0 Å². The van der Waals surface area contributed by atoms with Crippen LogP contribution in [0.1, 0.15) is 25.3 Å². The Labute approximate surface area is 114 Å². The number of rotatable bonds is 1. The lowest BCUT2D eigenvalue weighted by Gasteiger charge is -2.32. The predicted molar refractivity (Wildman–Crippen MR) is 77.5 cm³/mol. The first-order valence-electron chi connectivity index (χ1n) is 6.83. The maximum Gasteiger partial charge on any atom is 0.0410 e. The fourth-order valence-electron chi connectivity index (χ4n) is 3.00. The molecule has 18 heavy (non-hydrogen) atoms. The Balaban J connectivity index is 1.92. The number of halogens is 1. The molecule has 1 aromatic carbocycles. The number of benzene rings is 1. The average molecular weight is 265 g/mol. The van der Waals surface area contributed by atoms with E-state index in [9.17, 15) is 0 Å². The van der Waals surface area contributed by atoms with E-state index in [1.165, 1.54) is 37.2 Å². The maximum absolute atomic E-state index is 6.06. The van der Waals surface area contributed by atoms with Gasteiger partial charge >= 0.3 is 0 Å². The van der Waals surface area contributed by atoms with Crippen molar-refractivity contribution in [2.75, 3.05) is 24.5 Å². The molecule has 1 spiro atoms. The van der Waals surface area contributed by atoms with Gasteiger partial charge in [0.2, 0.25) is 0 Å². The Bertz CT molecular complexity index is 454. The standard InChI is InChI=1S/C15H21ClN2/c1-11-7-13(16)3-4-14(11)18-10-15(5-6-15)9-17-8-12(18)2/h3-4,7,12,17H,5-6,8-10H2,1-2H3. The van der Waals surface area contributed by atoms with Crippen LogP contribution < -0.4 is 10.2 Å². The van der Waals surface area contributed by atoms with Gasteiger partial charge in [0.05, 0.1) is 0 Å². The molecule has 1 unspecified atom stereocenters. The predicted octanol–water partition coefficient (Wildman–Crippen LogP) is 3.23. The molecule has 1 atom stereocenters. The third-order valence-electron chi connectivity index (χ3n) is 4.40. The normalized spacial score (nSPS) is 26.2. The third-order valence-corrected chi connectivity index (χ3v) is 4.64. The van der Waals surface area contributed by atoms with Crippen LogP contribution >= 0.6 is 11.6 Å². The van der Waals surface area contributed by atoms with E-state index >= 15 is 0 Å². The van der Waals surface area contributed by atoms with Crippen LogP contribution in [0.5, 0.6) is 0 Å². The van der Waals surface area contributed by atoms with Crippen LogP contribution in [0.3, 0.4) is 0 Å². The van der Waals surface area contributed by atoms with Crippen molar-refractivity contribution in [3.05, 3.63) is 28.8 Å². The minimum absolute atomic E-state index is 0.539. The number of aryl methyl sites for hydroxylation is 1. The van der Waals surface area contributed by atoms with Gasteiger partial charge in [0.25, 0.3) is 0 Å². The molecular formula is C15H21ClN2. The summed E-state index contributed by atoms with van der Waals surface area (Å²) in [4.78, 5) is 2.57. The van der Waals surface area contributed by atoms with Crippen LogP contribution in [0, 0.1) is 12.3 Å². The van der Waals surface area contributed by atoms with Gasteiger partial charge in [-0.3, -0.25) is 0 Å². The molecule has 1 aliphatic carbocycles. The summed E-state index contributed by atoms with van der Waals surface area (Å²) < 4.78 is 0. The van der Waals surface area contributed by atoms with Crippen molar-refractivity contribution in [2.45, 2.75) is 32.7 Å². The summed E-state index contributed by atoms with van der Waals surface area (Å²) in [5.74, 6) is 0. The molecule has 98 valence electrons. The summed E-state index contributed by atoms with van der Waals surface area (Å²) in [6.45, 7) is 7.90. The van der Waals surface area contributed by atoms with Crippen LogP contribution in [-0.2, 0) is 0 Å². The molecule has 1 N–H and O–H groups in total. The van der Waals surface area contributed by atoms with Gasteiger partial charge in [-0.25, -0.2) is 0 Å². The third kappa shape index (κ3) is 2.24. The highest BCUT2D eigenvalue weighted by atomic mass is 35.5. The van der Waals surface area contributed by atoms with Crippen LogP contribution in [0.15, 0.2) is 18.2 Å². The molecule has 2 fully saturated rings. The smallest absolute Gasteiger partial charge is 0.0410 e. The number of hydrogen-bond acceptors (Lipinski definition) is 2. The highest BCUT2D eigenvalue weighted by molar-refractivity contribution is 6.30. The molecule has 3 rings (SSSR count). The van der Waals surface area contributed by atoms with Crippen molar-refractivity contribution in [1.82, 2.24) is 5.32 Å². The zero-order valence-corrected chi connectivity index (χ0v) is 11.9. The van der Waals surface area contributed by atoms with E-state index in [1.54, 1.807) is 0 Å². The van der Waals surface area contributed by atoms with Crippen LogP contribution in [0.2, 0.25) is 5.02 Å². The van der Waals surface area contributed by atoms with Gasteiger partial charge in [0.15, 0.2) is 0 Å². The van der Waals surface area contributed by atoms with Gasteiger partial charge in [-0.2, -0.15) is 0 Å². The van der Waals surface area contributed by atoms with E-state index in [2.05, 4.69) is 36.2 Å². The monoisotopic (exact) mass is 264 g/mol. The molecule has 1 aromatic rings. The lowest BCUT2D eigenvalue weighted by Crippen LogP contribution is -2.38.